The quantitative estimate of drug-likeness (QED) is 0.406. The van der Waals surface area contributed by atoms with Crippen molar-refractivity contribution in [2.75, 3.05) is 19.8 Å². The van der Waals surface area contributed by atoms with Gasteiger partial charge in [0.2, 0.25) is 0 Å². The summed E-state index contributed by atoms with van der Waals surface area (Å²) in [5.41, 5.74) is 0.0653. The Morgan fingerprint density at radius 2 is 1.83 bits per heavy atom. The predicted octanol–water partition coefficient (Wildman–Crippen LogP) is 3.04. The molecule has 0 heterocycles. The summed E-state index contributed by atoms with van der Waals surface area (Å²) in [5.74, 6) is 1.26. The van der Waals surface area contributed by atoms with Gasteiger partial charge in [-0.05, 0) is 24.5 Å². The number of ether oxygens (including phenoxy) is 2. The summed E-state index contributed by atoms with van der Waals surface area (Å²) in [7, 11) is 0. The molecule has 0 aliphatic rings. The maximum Gasteiger partial charge on any atom is 0.269 e. The Morgan fingerprint density at radius 1 is 1.17 bits per heavy atom. The molecule has 0 saturated carbocycles. The van der Waals surface area contributed by atoms with Crippen LogP contribution < -0.4 is 4.74 Å². The van der Waals surface area contributed by atoms with Gasteiger partial charge >= 0.3 is 0 Å². The topological polar surface area (TPSA) is 61.6 Å². The fourth-order valence-corrected chi connectivity index (χ4v) is 1.30. The van der Waals surface area contributed by atoms with E-state index in [1.807, 2.05) is 0 Å². The third-order valence-corrected chi connectivity index (χ3v) is 2.38. The van der Waals surface area contributed by atoms with Crippen molar-refractivity contribution in [3.05, 3.63) is 34.4 Å². The Morgan fingerprint density at radius 3 is 2.39 bits per heavy atom. The fraction of sp³-hybridized carbons (Fsp3) is 0.538. The van der Waals surface area contributed by atoms with Crippen LogP contribution in [0.1, 0.15) is 20.3 Å². The van der Waals surface area contributed by atoms with Gasteiger partial charge in [0.1, 0.15) is 12.4 Å². The van der Waals surface area contributed by atoms with Gasteiger partial charge in [0.25, 0.3) is 5.69 Å². The Balaban J connectivity index is 2.17. The summed E-state index contributed by atoms with van der Waals surface area (Å²) in [5, 5.41) is 10.4. The summed E-state index contributed by atoms with van der Waals surface area (Å²) in [4.78, 5) is 10.0. The lowest BCUT2D eigenvalue weighted by atomic mass is 10.1. The smallest absolute Gasteiger partial charge is 0.269 e. The zero-order chi connectivity index (χ0) is 13.4. The van der Waals surface area contributed by atoms with Crippen molar-refractivity contribution < 1.29 is 14.4 Å². The number of hydrogen-bond acceptors (Lipinski definition) is 4. The van der Waals surface area contributed by atoms with Gasteiger partial charge in [-0.3, -0.25) is 10.1 Å². The standard InChI is InChI=1S/C13H19NO4/c1-11(2)7-8-17-9-10-18-13-5-3-12(4-6-13)14(15)16/h3-6,11H,7-10H2,1-2H3. The van der Waals surface area contributed by atoms with Crippen LogP contribution in [0.2, 0.25) is 0 Å². The number of nitrogens with zero attached hydrogens (tertiary/aromatic N) is 1. The minimum Gasteiger partial charge on any atom is -0.491 e. The van der Waals surface area contributed by atoms with E-state index in [9.17, 15) is 10.1 Å². The van der Waals surface area contributed by atoms with Crippen LogP contribution in [-0.2, 0) is 4.74 Å². The van der Waals surface area contributed by atoms with Gasteiger partial charge in [0, 0.05) is 18.7 Å². The second kappa shape index (κ2) is 7.66. The molecular formula is C13H19NO4. The minimum absolute atomic E-state index is 0.0653. The average Bonchev–Trinajstić information content (AvgIpc) is 2.34. The lowest BCUT2D eigenvalue weighted by molar-refractivity contribution is -0.384. The molecule has 5 heteroatoms. The first-order chi connectivity index (χ1) is 8.59. The first kappa shape index (κ1) is 14.4. The normalized spacial score (nSPS) is 10.6. The lowest BCUT2D eigenvalue weighted by Gasteiger charge is -2.08. The molecule has 1 aromatic carbocycles. The van der Waals surface area contributed by atoms with Crippen molar-refractivity contribution in [2.24, 2.45) is 5.92 Å². The van der Waals surface area contributed by atoms with Crippen molar-refractivity contribution in [3.8, 4) is 5.75 Å². The van der Waals surface area contributed by atoms with Gasteiger partial charge in [-0.2, -0.15) is 0 Å². The Hall–Kier alpha value is -1.62. The first-order valence-corrected chi connectivity index (χ1v) is 6.04. The van der Waals surface area contributed by atoms with E-state index < -0.39 is 4.92 Å². The van der Waals surface area contributed by atoms with Crippen LogP contribution in [0.3, 0.4) is 0 Å². The van der Waals surface area contributed by atoms with E-state index in [1.165, 1.54) is 12.1 Å². The van der Waals surface area contributed by atoms with Crippen molar-refractivity contribution >= 4 is 5.69 Å². The maximum absolute atomic E-state index is 10.4. The van der Waals surface area contributed by atoms with Crippen LogP contribution in [0.4, 0.5) is 5.69 Å². The van der Waals surface area contributed by atoms with Gasteiger partial charge in [0.15, 0.2) is 0 Å². The van der Waals surface area contributed by atoms with E-state index in [1.54, 1.807) is 12.1 Å². The molecule has 100 valence electrons. The fourth-order valence-electron chi connectivity index (χ4n) is 1.30. The number of benzene rings is 1. The summed E-state index contributed by atoms with van der Waals surface area (Å²) in [6.07, 6.45) is 1.04. The van der Waals surface area contributed by atoms with Crippen molar-refractivity contribution in [2.45, 2.75) is 20.3 Å². The third kappa shape index (κ3) is 5.63. The number of hydrogen-bond donors (Lipinski definition) is 0. The van der Waals surface area contributed by atoms with E-state index >= 15 is 0 Å². The summed E-state index contributed by atoms with van der Waals surface area (Å²) in [6.45, 7) is 6.02. The molecule has 5 nitrogen and oxygen atoms in total. The number of non-ortho nitro benzene ring substituents is 1. The van der Waals surface area contributed by atoms with E-state index in [0.717, 1.165) is 13.0 Å². The van der Waals surface area contributed by atoms with E-state index in [4.69, 9.17) is 9.47 Å². The molecular weight excluding hydrogens is 234 g/mol. The molecule has 0 saturated heterocycles. The molecule has 1 rings (SSSR count). The molecule has 0 spiro atoms. The Labute approximate surface area is 107 Å². The van der Waals surface area contributed by atoms with Gasteiger partial charge in [0.05, 0.1) is 11.5 Å². The maximum atomic E-state index is 10.4. The van der Waals surface area contributed by atoms with E-state index in [2.05, 4.69) is 13.8 Å². The van der Waals surface area contributed by atoms with Gasteiger partial charge in [-0.1, -0.05) is 13.8 Å². The first-order valence-electron chi connectivity index (χ1n) is 6.04. The molecule has 0 fully saturated rings. The van der Waals surface area contributed by atoms with Gasteiger partial charge < -0.3 is 9.47 Å². The highest BCUT2D eigenvalue weighted by molar-refractivity contribution is 5.35. The van der Waals surface area contributed by atoms with Crippen LogP contribution >= 0.6 is 0 Å². The van der Waals surface area contributed by atoms with E-state index in [0.29, 0.717) is 24.9 Å². The highest BCUT2D eigenvalue weighted by atomic mass is 16.6. The molecule has 0 aliphatic heterocycles. The predicted molar refractivity (Wildman–Crippen MR) is 68.9 cm³/mol. The molecule has 0 aliphatic carbocycles. The molecule has 0 unspecified atom stereocenters. The molecule has 1 aromatic rings. The minimum atomic E-state index is -0.432. The average molecular weight is 253 g/mol. The molecule has 0 aromatic heterocycles. The monoisotopic (exact) mass is 253 g/mol. The Bertz CT molecular complexity index is 362. The zero-order valence-corrected chi connectivity index (χ0v) is 10.8. The number of nitro benzene ring substituents is 1. The van der Waals surface area contributed by atoms with Gasteiger partial charge in [-0.15, -0.1) is 0 Å². The van der Waals surface area contributed by atoms with Crippen LogP contribution in [0, 0.1) is 16.0 Å². The largest absolute Gasteiger partial charge is 0.491 e. The highest BCUT2D eigenvalue weighted by Crippen LogP contribution is 2.17. The molecule has 0 N–H and O–H groups in total. The van der Waals surface area contributed by atoms with Crippen LogP contribution in [0.5, 0.6) is 5.75 Å². The number of nitro groups is 1. The van der Waals surface area contributed by atoms with Crippen molar-refractivity contribution in [1.82, 2.24) is 0 Å². The van der Waals surface area contributed by atoms with Gasteiger partial charge in [-0.25, -0.2) is 0 Å². The molecule has 0 atom stereocenters. The second-order valence-corrected chi connectivity index (χ2v) is 4.39. The van der Waals surface area contributed by atoms with E-state index in [-0.39, 0.29) is 5.69 Å². The third-order valence-electron chi connectivity index (χ3n) is 2.38. The molecule has 0 amide bonds. The second-order valence-electron chi connectivity index (χ2n) is 4.39. The zero-order valence-electron chi connectivity index (χ0n) is 10.8. The molecule has 0 bridgehead atoms. The van der Waals surface area contributed by atoms with Crippen molar-refractivity contribution in [3.63, 3.8) is 0 Å². The summed E-state index contributed by atoms with van der Waals surface area (Å²) >= 11 is 0. The molecule has 0 radical (unpaired) electrons. The SMILES string of the molecule is CC(C)CCOCCOc1ccc([N+](=O)[O-])cc1. The Kier molecular flexibility index (Phi) is 6.14. The number of rotatable bonds is 8. The molecule has 18 heavy (non-hydrogen) atoms. The van der Waals surface area contributed by atoms with Crippen LogP contribution in [0.15, 0.2) is 24.3 Å². The van der Waals surface area contributed by atoms with Crippen LogP contribution in [-0.4, -0.2) is 24.7 Å². The van der Waals surface area contributed by atoms with Crippen LogP contribution in [0.25, 0.3) is 0 Å². The van der Waals surface area contributed by atoms with Crippen molar-refractivity contribution in [1.29, 1.82) is 0 Å². The lowest BCUT2D eigenvalue weighted by Crippen LogP contribution is -2.08. The summed E-state index contributed by atoms with van der Waals surface area (Å²) in [6, 6.07) is 6.03. The highest BCUT2D eigenvalue weighted by Gasteiger charge is 2.04. The summed E-state index contributed by atoms with van der Waals surface area (Å²) < 4.78 is 10.8.